The number of hydrogen-bond donors (Lipinski definition) is 1. The molecule has 1 amide bonds. The van der Waals surface area contributed by atoms with Gasteiger partial charge in [0.1, 0.15) is 11.6 Å². The zero-order valence-corrected chi connectivity index (χ0v) is 15.9. The quantitative estimate of drug-likeness (QED) is 0.621. The molecule has 0 radical (unpaired) electrons. The third-order valence-electron chi connectivity index (χ3n) is 5.02. The molecule has 7 nitrogen and oxygen atoms in total. The van der Waals surface area contributed by atoms with E-state index in [0.29, 0.717) is 23.1 Å². The standard InChI is InChI=1S/C18H25N5O2S/c1-26-18-20-12-14(11-19)17(22-18)23-6-2-13(3-7-23)10-16(24)21-15-4-8-25-9-5-15/h12-13,15H,2-10H2,1H3,(H,21,24). The number of piperidine rings is 1. The maximum Gasteiger partial charge on any atom is 0.220 e. The van der Waals surface area contributed by atoms with Gasteiger partial charge in [-0.15, -0.1) is 0 Å². The highest BCUT2D eigenvalue weighted by Crippen LogP contribution is 2.27. The average molecular weight is 375 g/mol. The second kappa shape index (κ2) is 9.19. The van der Waals surface area contributed by atoms with Gasteiger partial charge >= 0.3 is 0 Å². The summed E-state index contributed by atoms with van der Waals surface area (Å²) < 4.78 is 5.33. The van der Waals surface area contributed by atoms with Crippen LogP contribution in [0.15, 0.2) is 11.4 Å². The topological polar surface area (TPSA) is 91.1 Å². The molecule has 2 saturated heterocycles. The molecule has 8 heteroatoms. The molecule has 2 fully saturated rings. The van der Waals surface area contributed by atoms with E-state index in [0.717, 1.165) is 57.8 Å². The number of rotatable bonds is 5. The fourth-order valence-electron chi connectivity index (χ4n) is 3.52. The van der Waals surface area contributed by atoms with Gasteiger partial charge in [0.05, 0.1) is 6.20 Å². The highest BCUT2D eigenvalue weighted by molar-refractivity contribution is 7.98. The largest absolute Gasteiger partial charge is 0.381 e. The molecule has 0 spiro atoms. The molecule has 2 aliphatic heterocycles. The second-order valence-electron chi connectivity index (χ2n) is 6.79. The fraction of sp³-hybridized carbons (Fsp3) is 0.667. The van der Waals surface area contributed by atoms with Crippen LogP contribution in [0.2, 0.25) is 0 Å². The molecule has 26 heavy (non-hydrogen) atoms. The Morgan fingerprint density at radius 1 is 1.38 bits per heavy atom. The Bertz CT molecular complexity index is 664. The van der Waals surface area contributed by atoms with Crippen LogP contribution in [0.1, 0.15) is 37.7 Å². The van der Waals surface area contributed by atoms with Gasteiger partial charge in [0.15, 0.2) is 11.0 Å². The average Bonchev–Trinajstić information content (AvgIpc) is 2.68. The van der Waals surface area contributed by atoms with Crippen molar-refractivity contribution >= 4 is 23.5 Å². The normalized spacial score (nSPS) is 19.2. The van der Waals surface area contributed by atoms with Gasteiger partial charge in [0.2, 0.25) is 5.91 Å². The molecule has 0 aliphatic carbocycles. The van der Waals surface area contributed by atoms with Gasteiger partial charge in [-0.1, -0.05) is 11.8 Å². The van der Waals surface area contributed by atoms with E-state index < -0.39 is 0 Å². The van der Waals surface area contributed by atoms with Crippen LogP contribution < -0.4 is 10.2 Å². The third kappa shape index (κ3) is 4.86. The molecule has 0 aromatic carbocycles. The van der Waals surface area contributed by atoms with Crippen LogP contribution in [0.4, 0.5) is 5.82 Å². The molecule has 3 heterocycles. The number of nitriles is 1. The Morgan fingerprint density at radius 3 is 2.77 bits per heavy atom. The third-order valence-corrected chi connectivity index (χ3v) is 5.59. The Morgan fingerprint density at radius 2 is 2.12 bits per heavy atom. The molecule has 1 N–H and O–H groups in total. The van der Waals surface area contributed by atoms with Crippen molar-refractivity contribution in [2.24, 2.45) is 5.92 Å². The van der Waals surface area contributed by atoms with Gasteiger partial charge in [-0.25, -0.2) is 9.97 Å². The fourth-order valence-corrected chi connectivity index (χ4v) is 3.85. The van der Waals surface area contributed by atoms with Gasteiger partial charge in [0, 0.05) is 38.8 Å². The van der Waals surface area contributed by atoms with Crippen LogP contribution in [0.5, 0.6) is 0 Å². The maximum atomic E-state index is 12.3. The Hall–Kier alpha value is -1.85. The van der Waals surface area contributed by atoms with Crippen molar-refractivity contribution in [3.63, 3.8) is 0 Å². The van der Waals surface area contributed by atoms with Crippen LogP contribution >= 0.6 is 11.8 Å². The van der Waals surface area contributed by atoms with Crippen LogP contribution in [0, 0.1) is 17.2 Å². The van der Waals surface area contributed by atoms with Crippen molar-refractivity contribution in [2.75, 3.05) is 37.5 Å². The molecule has 0 saturated carbocycles. The first-order valence-corrected chi connectivity index (χ1v) is 10.3. The van der Waals surface area contributed by atoms with E-state index in [1.54, 1.807) is 6.20 Å². The monoisotopic (exact) mass is 375 g/mol. The van der Waals surface area contributed by atoms with E-state index in [1.807, 2.05) is 6.26 Å². The molecule has 0 bridgehead atoms. The number of thioether (sulfide) groups is 1. The number of aromatic nitrogens is 2. The number of anilines is 1. The predicted molar refractivity (Wildman–Crippen MR) is 100 cm³/mol. The first-order valence-electron chi connectivity index (χ1n) is 9.12. The summed E-state index contributed by atoms with van der Waals surface area (Å²) in [6.07, 6.45) is 7.79. The zero-order valence-electron chi connectivity index (χ0n) is 15.1. The van der Waals surface area contributed by atoms with Crippen molar-refractivity contribution in [3.05, 3.63) is 11.8 Å². The number of hydrogen-bond acceptors (Lipinski definition) is 7. The summed E-state index contributed by atoms with van der Waals surface area (Å²) >= 11 is 1.47. The second-order valence-corrected chi connectivity index (χ2v) is 7.57. The summed E-state index contributed by atoms with van der Waals surface area (Å²) in [5, 5.41) is 13.1. The number of nitrogens with zero attached hydrogens (tertiary/aromatic N) is 4. The van der Waals surface area contributed by atoms with Gasteiger partial charge in [-0.3, -0.25) is 4.79 Å². The van der Waals surface area contributed by atoms with E-state index >= 15 is 0 Å². The predicted octanol–water partition coefficient (Wildman–Crippen LogP) is 1.97. The van der Waals surface area contributed by atoms with Crippen molar-refractivity contribution in [1.82, 2.24) is 15.3 Å². The Labute approximate surface area is 158 Å². The van der Waals surface area contributed by atoms with E-state index in [4.69, 9.17) is 4.74 Å². The molecule has 3 rings (SSSR count). The van der Waals surface area contributed by atoms with Crippen molar-refractivity contribution in [1.29, 1.82) is 5.26 Å². The smallest absolute Gasteiger partial charge is 0.220 e. The van der Waals surface area contributed by atoms with E-state index in [-0.39, 0.29) is 11.9 Å². The number of amides is 1. The zero-order chi connectivity index (χ0) is 18.4. The van der Waals surface area contributed by atoms with Gasteiger partial charge < -0.3 is 15.0 Å². The van der Waals surface area contributed by atoms with Crippen molar-refractivity contribution in [3.8, 4) is 6.07 Å². The number of ether oxygens (including phenoxy) is 1. The Kier molecular flexibility index (Phi) is 6.69. The molecular formula is C18H25N5O2S. The van der Waals surface area contributed by atoms with Crippen LogP contribution in [0.3, 0.4) is 0 Å². The first-order chi connectivity index (χ1) is 12.7. The van der Waals surface area contributed by atoms with Crippen molar-refractivity contribution < 1.29 is 9.53 Å². The summed E-state index contributed by atoms with van der Waals surface area (Å²) in [5.41, 5.74) is 0.513. The van der Waals surface area contributed by atoms with Crippen LogP contribution in [0.25, 0.3) is 0 Å². The summed E-state index contributed by atoms with van der Waals surface area (Å²) in [6, 6.07) is 2.45. The molecule has 1 aromatic rings. The van der Waals surface area contributed by atoms with E-state index in [2.05, 4.69) is 26.3 Å². The molecule has 2 aliphatic rings. The highest BCUT2D eigenvalue weighted by atomic mass is 32.2. The lowest BCUT2D eigenvalue weighted by atomic mass is 9.92. The molecule has 140 valence electrons. The summed E-state index contributed by atoms with van der Waals surface area (Å²) in [4.78, 5) is 23.1. The Balaban J connectivity index is 1.51. The lowest BCUT2D eigenvalue weighted by Gasteiger charge is -2.33. The highest BCUT2D eigenvalue weighted by Gasteiger charge is 2.25. The van der Waals surface area contributed by atoms with Crippen LogP contribution in [-0.4, -0.2) is 54.5 Å². The van der Waals surface area contributed by atoms with E-state index in [9.17, 15) is 10.1 Å². The minimum absolute atomic E-state index is 0.153. The minimum atomic E-state index is 0.153. The lowest BCUT2D eigenvalue weighted by molar-refractivity contribution is -0.123. The molecule has 1 aromatic heterocycles. The van der Waals surface area contributed by atoms with Crippen molar-refractivity contribution in [2.45, 2.75) is 43.3 Å². The SMILES string of the molecule is CSc1ncc(C#N)c(N2CCC(CC(=O)NC3CCOCC3)CC2)n1. The molecule has 0 unspecified atom stereocenters. The van der Waals surface area contributed by atoms with Gasteiger partial charge in [0.25, 0.3) is 0 Å². The maximum absolute atomic E-state index is 12.3. The van der Waals surface area contributed by atoms with Gasteiger partial charge in [-0.2, -0.15) is 5.26 Å². The number of carbonyl (C=O) groups is 1. The molecule has 0 atom stereocenters. The van der Waals surface area contributed by atoms with E-state index in [1.165, 1.54) is 11.8 Å². The minimum Gasteiger partial charge on any atom is -0.381 e. The summed E-state index contributed by atoms with van der Waals surface area (Å²) in [6.45, 7) is 3.10. The number of carbonyl (C=O) groups excluding carboxylic acids is 1. The summed E-state index contributed by atoms with van der Waals surface area (Å²) in [7, 11) is 0. The van der Waals surface area contributed by atoms with Gasteiger partial charge in [-0.05, 0) is 37.9 Å². The first kappa shape index (κ1) is 18.9. The lowest BCUT2D eigenvalue weighted by Crippen LogP contribution is -2.41. The van der Waals surface area contributed by atoms with Crippen LogP contribution in [-0.2, 0) is 9.53 Å². The molecular weight excluding hydrogens is 350 g/mol. The summed E-state index contributed by atoms with van der Waals surface area (Å²) in [5.74, 6) is 1.26. The number of nitrogens with one attached hydrogen (secondary N) is 1.